The summed E-state index contributed by atoms with van der Waals surface area (Å²) in [4.78, 5) is 12.2. The Balaban J connectivity index is 1.82. The fourth-order valence-electron chi connectivity index (χ4n) is 3.20. The molecule has 0 spiro atoms. The number of rotatable bonds is 7. The molecule has 0 aliphatic heterocycles. The molecule has 0 fully saturated rings. The number of aromatic nitrogens is 3. The number of nitrogen functional groups attached to an aromatic ring is 1. The minimum Gasteiger partial charge on any atom is -0.382 e. The minimum atomic E-state index is -4.65. The molecule has 0 bridgehead atoms. The largest absolute Gasteiger partial charge is 0.417 e. The summed E-state index contributed by atoms with van der Waals surface area (Å²) in [5.74, 6) is -2.75. The average Bonchev–Trinajstić information content (AvgIpc) is 3.36. The van der Waals surface area contributed by atoms with E-state index in [9.17, 15) is 31.1 Å². The predicted molar refractivity (Wildman–Crippen MR) is 107 cm³/mol. The number of alkyl halides is 5. The number of nitrogens with two attached hydrogens (primary N) is 1. The van der Waals surface area contributed by atoms with E-state index in [-0.39, 0.29) is 29.2 Å². The van der Waals surface area contributed by atoms with Crippen LogP contribution in [0.4, 0.5) is 32.0 Å². The number of halogens is 6. The van der Waals surface area contributed by atoms with Gasteiger partial charge in [-0.05, 0) is 35.9 Å². The van der Waals surface area contributed by atoms with Gasteiger partial charge in [0, 0.05) is 30.5 Å². The highest BCUT2D eigenvalue weighted by atomic mass is 19.4. The van der Waals surface area contributed by atoms with Crippen LogP contribution in [0.1, 0.15) is 46.7 Å². The summed E-state index contributed by atoms with van der Waals surface area (Å²) in [6.07, 6.45) is -2.93. The van der Waals surface area contributed by atoms with Gasteiger partial charge in [0.15, 0.2) is 5.69 Å². The molecule has 4 N–H and O–H groups in total. The normalized spacial score (nSPS) is 12.7. The van der Waals surface area contributed by atoms with E-state index >= 15 is 0 Å². The van der Waals surface area contributed by atoms with Crippen molar-refractivity contribution in [2.75, 3.05) is 5.32 Å². The quantitative estimate of drug-likeness (QED) is 0.267. The van der Waals surface area contributed by atoms with Gasteiger partial charge in [-0.2, -0.15) is 27.1 Å². The lowest BCUT2D eigenvalue weighted by molar-refractivity contribution is -0.137. The monoisotopic (exact) mass is 472 g/mol. The van der Waals surface area contributed by atoms with Gasteiger partial charge in [0.2, 0.25) is 0 Å². The molecule has 7 nitrogen and oxygen atoms in total. The fraction of sp³-hybridized carbons (Fsp3) is 0.250. The second-order valence-electron chi connectivity index (χ2n) is 7.23. The van der Waals surface area contributed by atoms with Gasteiger partial charge >= 0.3 is 12.7 Å². The van der Waals surface area contributed by atoms with Crippen LogP contribution in [0.5, 0.6) is 0 Å². The number of amidine groups is 1. The highest BCUT2D eigenvalue weighted by Crippen LogP contribution is 2.32. The first-order chi connectivity index (χ1) is 15.4. The lowest BCUT2D eigenvalue weighted by atomic mass is 9.99. The van der Waals surface area contributed by atoms with Crippen LogP contribution in [-0.4, -0.2) is 26.1 Å². The Morgan fingerprint density at radius 2 is 1.94 bits per heavy atom. The summed E-state index contributed by atoms with van der Waals surface area (Å²) in [6, 6.07) is 5.40. The third kappa shape index (κ3) is 5.35. The molecule has 0 saturated carbocycles. The smallest absolute Gasteiger partial charge is 0.382 e. The zero-order valence-corrected chi connectivity index (χ0v) is 17.0. The Hall–Kier alpha value is -3.77. The molecule has 3 rings (SSSR count). The second kappa shape index (κ2) is 9.00. The highest BCUT2D eigenvalue weighted by Gasteiger charge is 2.33. The molecule has 2 aromatic heterocycles. The van der Waals surface area contributed by atoms with Crippen LogP contribution >= 0.6 is 0 Å². The summed E-state index contributed by atoms with van der Waals surface area (Å²) in [5.41, 5.74) is 4.14. The Morgan fingerprint density at radius 1 is 1.24 bits per heavy atom. The molecular formula is C20H18F6N6O. The van der Waals surface area contributed by atoms with Crippen molar-refractivity contribution in [1.82, 2.24) is 14.3 Å². The molecule has 0 aliphatic rings. The third-order valence-electron chi connectivity index (χ3n) is 4.80. The Bertz CT molecular complexity index is 1180. The minimum absolute atomic E-state index is 0.0719. The molecule has 176 valence electrons. The Morgan fingerprint density at radius 3 is 2.52 bits per heavy atom. The van der Waals surface area contributed by atoms with E-state index in [0.29, 0.717) is 4.68 Å². The summed E-state index contributed by atoms with van der Waals surface area (Å²) in [5, 5.41) is 13.4. The van der Waals surface area contributed by atoms with Crippen LogP contribution < -0.4 is 11.1 Å². The van der Waals surface area contributed by atoms with E-state index < -0.39 is 41.8 Å². The van der Waals surface area contributed by atoms with Gasteiger partial charge < -0.3 is 15.6 Å². The number of amides is 1. The van der Waals surface area contributed by atoms with Crippen molar-refractivity contribution in [2.45, 2.75) is 32.1 Å². The van der Waals surface area contributed by atoms with Gasteiger partial charge in [0.1, 0.15) is 11.7 Å². The van der Waals surface area contributed by atoms with Crippen molar-refractivity contribution >= 4 is 17.4 Å². The van der Waals surface area contributed by atoms with Crippen molar-refractivity contribution in [3.05, 3.63) is 71.1 Å². The molecule has 1 atom stereocenters. The summed E-state index contributed by atoms with van der Waals surface area (Å²) in [7, 11) is 0. The number of anilines is 1. The van der Waals surface area contributed by atoms with E-state index in [1.807, 2.05) is 0 Å². The molecule has 0 aliphatic carbocycles. The maximum Gasteiger partial charge on any atom is 0.417 e. The second-order valence-corrected chi connectivity index (χ2v) is 7.23. The molecule has 0 radical (unpaired) electrons. The predicted octanol–water partition coefficient (Wildman–Crippen LogP) is 4.58. The van der Waals surface area contributed by atoms with E-state index in [2.05, 4.69) is 10.4 Å². The van der Waals surface area contributed by atoms with Crippen molar-refractivity contribution in [3.8, 4) is 0 Å². The number of nitrogens with zero attached hydrogens (tertiary/aromatic N) is 3. The topological polar surface area (TPSA) is 102 Å². The van der Waals surface area contributed by atoms with Crippen LogP contribution in [0, 0.1) is 11.2 Å². The molecule has 13 heteroatoms. The summed E-state index contributed by atoms with van der Waals surface area (Å²) < 4.78 is 80.3. The van der Waals surface area contributed by atoms with Crippen LogP contribution in [0.25, 0.3) is 0 Å². The number of carbonyl (C=O) groups excluding carboxylic acids is 1. The molecule has 2 heterocycles. The average molecular weight is 472 g/mol. The Kier molecular flexibility index (Phi) is 6.51. The van der Waals surface area contributed by atoms with Gasteiger partial charge in [-0.25, -0.2) is 9.07 Å². The zero-order valence-electron chi connectivity index (χ0n) is 17.0. The van der Waals surface area contributed by atoms with Crippen LogP contribution in [-0.2, 0) is 12.7 Å². The first kappa shape index (κ1) is 23.9. The molecule has 0 saturated heterocycles. The lowest BCUT2D eigenvalue weighted by Gasteiger charge is -2.17. The van der Waals surface area contributed by atoms with Crippen molar-refractivity contribution in [3.63, 3.8) is 0 Å². The number of hydrogen-bond acceptors (Lipinski definition) is 3. The SMILES string of the molecule is CC(Cn1cc(C(F)(F)F)cc1C(=N)N)c1cc(NC(=O)c2ccn(C(F)F)n2)ccc1F. The number of hydrogen-bond donors (Lipinski definition) is 3. The number of carbonyl (C=O) groups is 1. The summed E-state index contributed by atoms with van der Waals surface area (Å²) >= 11 is 0. The van der Waals surface area contributed by atoms with Crippen molar-refractivity contribution in [1.29, 1.82) is 5.41 Å². The van der Waals surface area contributed by atoms with Crippen LogP contribution in [0.15, 0.2) is 42.7 Å². The van der Waals surface area contributed by atoms with Crippen LogP contribution in [0.3, 0.4) is 0 Å². The van der Waals surface area contributed by atoms with E-state index in [1.165, 1.54) is 12.1 Å². The van der Waals surface area contributed by atoms with E-state index in [4.69, 9.17) is 11.1 Å². The van der Waals surface area contributed by atoms with Gasteiger partial charge in [-0.1, -0.05) is 6.92 Å². The Labute approximate surface area is 183 Å². The standard InChI is InChI=1S/C20H18F6N6O/c1-10(8-31-9-11(20(24,25)26)6-16(31)17(27)28)13-7-12(2-3-14(13)21)29-18(33)15-4-5-32(30-15)19(22)23/h2-7,9-10,19H,8H2,1H3,(H3,27,28)(H,29,33). The fourth-order valence-corrected chi connectivity index (χ4v) is 3.20. The maximum atomic E-state index is 14.5. The summed E-state index contributed by atoms with van der Waals surface area (Å²) in [6.45, 7) is -1.51. The zero-order chi connectivity index (χ0) is 24.5. The van der Waals surface area contributed by atoms with Crippen molar-refractivity contribution in [2.24, 2.45) is 5.73 Å². The van der Waals surface area contributed by atoms with Gasteiger partial charge in [-0.15, -0.1) is 0 Å². The number of nitrogens with one attached hydrogen (secondary N) is 2. The number of benzene rings is 1. The highest BCUT2D eigenvalue weighted by molar-refractivity contribution is 6.02. The van der Waals surface area contributed by atoms with Gasteiger partial charge in [0.25, 0.3) is 5.91 Å². The van der Waals surface area contributed by atoms with E-state index in [1.54, 1.807) is 6.92 Å². The van der Waals surface area contributed by atoms with Crippen molar-refractivity contribution < 1.29 is 31.1 Å². The van der Waals surface area contributed by atoms with Gasteiger partial charge in [-0.3, -0.25) is 10.2 Å². The molecular weight excluding hydrogens is 454 g/mol. The first-order valence-corrected chi connectivity index (χ1v) is 9.42. The lowest BCUT2D eigenvalue weighted by Crippen LogP contribution is -2.19. The molecule has 1 aromatic carbocycles. The van der Waals surface area contributed by atoms with Crippen LogP contribution in [0.2, 0.25) is 0 Å². The molecule has 33 heavy (non-hydrogen) atoms. The molecule has 1 amide bonds. The molecule has 1 unspecified atom stereocenters. The molecule has 3 aromatic rings. The first-order valence-electron chi connectivity index (χ1n) is 9.42. The maximum absolute atomic E-state index is 14.5. The third-order valence-corrected chi connectivity index (χ3v) is 4.80. The van der Waals surface area contributed by atoms with E-state index in [0.717, 1.165) is 35.2 Å². The van der Waals surface area contributed by atoms with Gasteiger partial charge in [0.05, 0.1) is 11.3 Å².